The average Bonchev–Trinajstić information content (AvgIpc) is 2.67. The van der Waals surface area contributed by atoms with Gasteiger partial charge in [0.05, 0.1) is 0 Å². The second-order valence-corrected chi connectivity index (χ2v) is 3.41. The zero-order chi connectivity index (χ0) is 9.10. The Bertz CT molecular complexity index is 260. The fourth-order valence-electron chi connectivity index (χ4n) is 1.91. The molecule has 1 aromatic rings. The lowest BCUT2D eigenvalue weighted by Crippen LogP contribution is -2.35. The second-order valence-electron chi connectivity index (χ2n) is 3.41. The first kappa shape index (κ1) is 8.51. The van der Waals surface area contributed by atoms with Crippen molar-refractivity contribution in [1.29, 1.82) is 0 Å². The highest BCUT2D eigenvalue weighted by atomic mass is 15.2. The molecule has 1 atom stereocenters. The van der Waals surface area contributed by atoms with Gasteiger partial charge in [0.25, 0.3) is 0 Å². The van der Waals surface area contributed by atoms with Gasteiger partial charge in [0.15, 0.2) is 0 Å². The first-order chi connectivity index (χ1) is 6.42. The summed E-state index contributed by atoms with van der Waals surface area (Å²) in [6, 6.07) is 6.51. The summed E-state index contributed by atoms with van der Waals surface area (Å²) in [5.74, 6) is 1.07. The van der Waals surface area contributed by atoms with Crippen LogP contribution in [0, 0.1) is 0 Å². The zero-order valence-electron chi connectivity index (χ0n) is 7.69. The standard InChI is InChI=1S/C10H15N3/c11-8-9-4-3-7-13(9)10-5-1-2-6-12-10/h1-2,5-6,9H,3-4,7-8,11H2/t9-/m1/s1. The summed E-state index contributed by atoms with van der Waals surface area (Å²) in [5.41, 5.74) is 5.69. The Balaban J connectivity index is 2.16. The average molecular weight is 177 g/mol. The number of anilines is 1. The number of pyridine rings is 1. The molecular formula is C10H15N3. The normalized spacial score (nSPS) is 22.2. The van der Waals surface area contributed by atoms with Gasteiger partial charge in [0, 0.05) is 25.3 Å². The molecule has 0 bridgehead atoms. The van der Waals surface area contributed by atoms with Crippen molar-refractivity contribution < 1.29 is 0 Å². The van der Waals surface area contributed by atoms with Crippen LogP contribution in [0.1, 0.15) is 12.8 Å². The Morgan fingerprint density at radius 1 is 1.54 bits per heavy atom. The number of nitrogens with zero attached hydrogens (tertiary/aromatic N) is 2. The summed E-state index contributed by atoms with van der Waals surface area (Å²) in [4.78, 5) is 6.63. The van der Waals surface area contributed by atoms with Crippen molar-refractivity contribution in [3.63, 3.8) is 0 Å². The zero-order valence-corrected chi connectivity index (χ0v) is 7.69. The lowest BCUT2D eigenvalue weighted by molar-refractivity contribution is 0.671. The van der Waals surface area contributed by atoms with Crippen molar-refractivity contribution in [2.45, 2.75) is 18.9 Å². The smallest absolute Gasteiger partial charge is 0.128 e. The van der Waals surface area contributed by atoms with E-state index in [4.69, 9.17) is 5.73 Å². The van der Waals surface area contributed by atoms with Gasteiger partial charge >= 0.3 is 0 Å². The number of rotatable bonds is 2. The van der Waals surface area contributed by atoms with Crippen molar-refractivity contribution in [3.8, 4) is 0 Å². The summed E-state index contributed by atoms with van der Waals surface area (Å²) < 4.78 is 0. The number of aromatic nitrogens is 1. The number of hydrogen-bond donors (Lipinski definition) is 1. The van der Waals surface area contributed by atoms with Gasteiger partial charge in [-0.1, -0.05) is 6.07 Å². The van der Waals surface area contributed by atoms with Gasteiger partial charge in [-0.3, -0.25) is 0 Å². The highest BCUT2D eigenvalue weighted by Crippen LogP contribution is 2.22. The number of nitrogens with two attached hydrogens (primary N) is 1. The first-order valence-electron chi connectivity index (χ1n) is 4.79. The van der Waals surface area contributed by atoms with Crippen molar-refractivity contribution in [1.82, 2.24) is 4.98 Å². The minimum Gasteiger partial charge on any atom is -0.352 e. The molecule has 0 unspecified atom stereocenters. The SMILES string of the molecule is NC[C@H]1CCCN1c1ccccn1. The van der Waals surface area contributed by atoms with Gasteiger partial charge in [-0.05, 0) is 25.0 Å². The molecule has 0 radical (unpaired) electrons. The van der Waals surface area contributed by atoms with Crippen molar-refractivity contribution in [2.24, 2.45) is 5.73 Å². The van der Waals surface area contributed by atoms with Crippen LogP contribution >= 0.6 is 0 Å². The predicted molar refractivity (Wildman–Crippen MR) is 53.7 cm³/mol. The molecule has 1 saturated heterocycles. The Labute approximate surface area is 78.6 Å². The van der Waals surface area contributed by atoms with Gasteiger partial charge in [-0.2, -0.15) is 0 Å². The molecule has 1 aliphatic heterocycles. The molecule has 2 heterocycles. The molecule has 0 amide bonds. The highest BCUT2D eigenvalue weighted by molar-refractivity contribution is 5.40. The molecule has 2 N–H and O–H groups in total. The van der Waals surface area contributed by atoms with Crippen molar-refractivity contribution >= 4 is 5.82 Å². The summed E-state index contributed by atoms with van der Waals surface area (Å²) in [7, 11) is 0. The number of hydrogen-bond acceptors (Lipinski definition) is 3. The largest absolute Gasteiger partial charge is 0.352 e. The Morgan fingerprint density at radius 3 is 3.15 bits per heavy atom. The maximum atomic E-state index is 5.69. The van der Waals surface area contributed by atoms with E-state index in [0.29, 0.717) is 6.04 Å². The van der Waals surface area contributed by atoms with Gasteiger partial charge in [0.2, 0.25) is 0 Å². The van der Waals surface area contributed by atoms with E-state index in [0.717, 1.165) is 18.9 Å². The molecule has 2 rings (SSSR count). The molecule has 1 fully saturated rings. The van der Waals surface area contributed by atoms with Gasteiger partial charge in [0.1, 0.15) is 5.82 Å². The summed E-state index contributed by atoms with van der Waals surface area (Å²) in [6.07, 6.45) is 4.27. The van der Waals surface area contributed by atoms with E-state index >= 15 is 0 Å². The van der Waals surface area contributed by atoms with Crippen LogP contribution < -0.4 is 10.6 Å². The minimum absolute atomic E-state index is 0.495. The molecule has 0 saturated carbocycles. The van der Waals surface area contributed by atoms with Crippen LogP contribution in [-0.4, -0.2) is 24.1 Å². The van der Waals surface area contributed by atoms with E-state index in [1.54, 1.807) is 0 Å². The molecule has 1 aromatic heterocycles. The van der Waals surface area contributed by atoms with Crippen molar-refractivity contribution in [3.05, 3.63) is 24.4 Å². The van der Waals surface area contributed by atoms with E-state index < -0.39 is 0 Å². The van der Waals surface area contributed by atoms with Crippen LogP contribution in [0.3, 0.4) is 0 Å². The third-order valence-electron chi connectivity index (χ3n) is 2.59. The van der Waals surface area contributed by atoms with Crippen molar-refractivity contribution in [2.75, 3.05) is 18.0 Å². The third kappa shape index (κ3) is 1.65. The first-order valence-corrected chi connectivity index (χ1v) is 4.79. The van der Waals surface area contributed by atoms with E-state index in [2.05, 4.69) is 9.88 Å². The highest BCUT2D eigenvalue weighted by Gasteiger charge is 2.23. The lowest BCUT2D eigenvalue weighted by atomic mass is 10.2. The second kappa shape index (κ2) is 3.75. The monoisotopic (exact) mass is 177 g/mol. The van der Waals surface area contributed by atoms with Gasteiger partial charge < -0.3 is 10.6 Å². The molecule has 0 aromatic carbocycles. The van der Waals surface area contributed by atoms with Crippen LogP contribution in [0.25, 0.3) is 0 Å². The summed E-state index contributed by atoms with van der Waals surface area (Å²) >= 11 is 0. The van der Waals surface area contributed by atoms with E-state index in [-0.39, 0.29) is 0 Å². The molecule has 0 aliphatic carbocycles. The molecule has 70 valence electrons. The molecule has 13 heavy (non-hydrogen) atoms. The maximum Gasteiger partial charge on any atom is 0.128 e. The Hall–Kier alpha value is -1.09. The van der Waals surface area contributed by atoms with E-state index in [1.807, 2.05) is 24.4 Å². The van der Waals surface area contributed by atoms with E-state index in [9.17, 15) is 0 Å². The molecule has 1 aliphatic rings. The van der Waals surface area contributed by atoms with Crippen LogP contribution in [0.2, 0.25) is 0 Å². The molecule has 3 heteroatoms. The molecule has 3 nitrogen and oxygen atoms in total. The fraction of sp³-hybridized carbons (Fsp3) is 0.500. The Kier molecular flexibility index (Phi) is 2.45. The minimum atomic E-state index is 0.495. The predicted octanol–water partition coefficient (Wildman–Crippen LogP) is 1.01. The summed E-state index contributed by atoms with van der Waals surface area (Å²) in [6.45, 7) is 1.83. The van der Waals surface area contributed by atoms with E-state index in [1.165, 1.54) is 12.8 Å². The molecular weight excluding hydrogens is 162 g/mol. The van der Waals surface area contributed by atoms with Crippen LogP contribution in [0.5, 0.6) is 0 Å². The lowest BCUT2D eigenvalue weighted by Gasteiger charge is -2.24. The van der Waals surface area contributed by atoms with Crippen LogP contribution in [0.15, 0.2) is 24.4 Å². The quantitative estimate of drug-likeness (QED) is 0.733. The van der Waals surface area contributed by atoms with Crippen LogP contribution in [-0.2, 0) is 0 Å². The fourth-order valence-corrected chi connectivity index (χ4v) is 1.91. The van der Waals surface area contributed by atoms with Crippen LogP contribution in [0.4, 0.5) is 5.82 Å². The summed E-state index contributed by atoms with van der Waals surface area (Å²) in [5, 5.41) is 0. The molecule has 0 spiro atoms. The maximum absolute atomic E-state index is 5.69. The van der Waals surface area contributed by atoms with Gasteiger partial charge in [-0.15, -0.1) is 0 Å². The van der Waals surface area contributed by atoms with Gasteiger partial charge in [-0.25, -0.2) is 4.98 Å². The Morgan fingerprint density at radius 2 is 2.46 bits per heavy atom. The topological polar surface area (TPSA) is 42.1 Å². The third-order valence-corrected chi connectivity index (χ3v) is 2.59.